The Bertz CT molecular complexity index is 637. The van der Waals surface area contributed by atoms with Gasteiger partial charge in [0, 0.05) is 12.8 Å². The third-order valence-corrected chi connectivity index (χ3v) is 8.74. The zero-order valence-corrected chi connectivity index (χ0v) is 16.5. The highest BCUT2D eigenvalue weighted by molar-refractivity contribution is 5.66. The van der Waals surface area contributed by atoms with E-state index in [1.165, 1.54) is 38.2 Å². The summed E-state index contributed by atoms with van der Waals surface area (Å²) in [6.07, 6.45) is 11.6. The molecular formula is C23H34O3. The molecule has 0 aliphatic heterocycles. The van der Waals surface area contributed by atoms with E-state index in [1.54, 1.807) is 0 Å². The summed E-state index contributed by atoms with van der Waals surface area (Å²) >= 11 is 0. The van der Waals surface area contributed by atoms with E-state index >= 15 is 0 Å². The van der Waals surface area contributed by atoms with Crippen molar-refractivity contribution in [3.8, 4) is 0 Å². The standard InChI is InChI=1S/C23H34O3/c1-5-15-6-7-18-21-19(9-11-22(15,18)3)23(4)10-8-17(25)12-16(23)13-20(21)26-14(2)24/h5,13,15,17-21,25H,1,6-12H2,2-4H3. The molecule has 0 amide bonds. The van der Waals surface area contributed by atoms with E-state index in [-0.39, 0.29) is 29.0 Å². The van der Waals surface area contributed by atoms with Crippen LogP contribution in [-0.2, 0) is 9.53 Å². The Labute approximate surface area is 157 Å². The number of ether oxygens (including phenoxy) is 1. The van der Waals surface area contributed by atoms with E-state index in [0.29, 0.717) is 23.7 Å². The molecule has 8 unspecified atom stereocenters. The van der Waals surface area contributed by atoms with Crippen LogP contribution < -0.4 is 0 Å². The summed E-state index contributed by atoms with van der Waals surface area (Å²) in [6, 6.07) is 0. The Kier molecular flexibility index (Phi) is 4.38. The third-order valence-electron chi connectivity index (χ3n) is 8.74. The number of fused-ring (bicyclic) bond motifs is 5. The van der Waals surface area contributed by atoms with Gasteiger partial charge in [-0.15, -0.1) is 6.58 Å². The molecule has 4 aliphatic rings. The number of carbonyl (C=O) groups is 1. The van der Waals surface area contributed by atoms with Gasteiger partial charge in [-0.3, -0.25) is 4.79 Å². The van der Waals surface area contributed by atoms with Crippen LogP contribution in [0, 0.1) is 34.5 Å². The molecule has 0 aromatic rings. The van der Waals surface area contributed by atoms with Gasteiger partial charge in [-0.1, -0.05) is 25.5 Å². The third kappa shape index (κ3) is 2.53. The van der Waals surface area contributed by atoms with Gasteiger partial charge in [-0.05, 0) is 79.6 Å². The van der Waals surface area contributed by atoms with Gasteiger partial charge in [0.05, 0.1) is 6.10 Å². The highest BCUT2D eigenvalue weighted by atomic mass is 16.5. The zero-order chi connectivity index (χ0) is 18.7. The lowest BCUT2D eigenvalue weighted by atomic mass is 9.46. The molecule has 26 heavy (non-hydrogen) atoms. The fraction of sp³-hybridized carbons (Fsp3) is 0.783. The summed E-state index contributed by atoms with van der Waals surface area (Å²) in [6.45, 7) is 10.5. The summed E-state index contributed by atoms with van der Waals surface area (Å²) in [5.41, 5.74) is 1.79. The van der Waals surface area contributed by atoms with E-state index in [0.717, 1.165) is 19.3 Å². The smallest absolute Gasteiger partial charge is 0.303 e. The summed E-state index contributed by atoms with van der Waals surface area (Å²) in [5, 5.41) is 10.2. The van der Waals surface area contributed by atoms with E-state index in [4.69, 9.17) is 4.74 Å². The van der Waals surface area contributed by atoms with Crippen LogP contribution in [-0.4, -0.2) is 23.3 Å². The molecule has 0 bridgehead atoms. The van der Waals surface area contributed by atoms with Gasteiger partial charge in [-0.2, -0.15) is 0 Å². The summed E-state index contributed by atoms with van der Waals surface area (Å²) < 4.78 is 5.89. The molecule has 0 saturated heterocycles. The predicted octanol–water partition coefficient (Wildman–Crippen LogP) is 4.65. The monoisotopic (exact) mass is 358 g/mol. The predicted molar refractivity (Wildman–Crippen MR) is 102 cm³/mol. The fourth-order valence-electron chi connectivity index (χ4n) is 7.34. The van der Waals surface area contributed by atoms with Crippen molar-refractivity contribution >= 4 is 5.97 Å². The second-order valence-electron chi connectivity index (χ2n) is 9.83. The van der Waals surface area contributed by atoms with Crippen molar-refractivity contribution in [2.24, 2.45) is 34.5 Å². The average molecular weight is 359 g/mol. The van der Waals surface area contributed by atoms with Crippen molar-refractivity contribution in [2.75, 3.05) is 0 Å². The number of hydrogen-bond acceptors (Lipinski definition) is 3. The highest BCUT2D eigenvalue weighted by Gasteiger charge is 2.60. The van der Waals surface area contributed by atoms with Gasteiger partial charge in [0.2, 0.25) is 0 Å². The molecule has 0 heterocycles. The van der Waals surface area contributed by atoms with E-state index < -0.39 is 0 Å². The van der Waals surface area contributed by atoms with Crippen molar-refractivity contribution < 1.29 is 14.6 Å². The minimum Gasteiger partial charge on any atom is -0.458 e. The average Bonchev–Trinajstić information content (AvgIpc) is 2.92. The number of esters is 1. The molecule has 0 aromatic heterocycles. The van der Waals surface area contributed by atoms with E-state index in [9.17, 15) is 9.90 Å². The number of carbonyl (C=O) groups excluding carboxylic acids is 1. The van der Waals surface area contributed by atoms with Gasteiger partial charge < -0.3 is 9.84 Å². The van der Waals surface area contributed by atoms with Gasteiger partial charge in [-0.25, -0.2) is 0 Å². The molecule has 3 saturated carbocycles. The van der Waals surface area contributed by atoms with Crippen molar-refractivity contribution in [2.45, 2.75) is 77.9 Å². The van der Waals surface area contributed by atoms with Crippen LogP contribution in [0.15, 0.2) is 24.3 Å². The van der Waals surface area contributed by atoms with E-state index in [2.05, 4.69) is 32.6 Å². The molecule has 0 aromatic carbocycles. The Morgan fingerprint density at radius 3 is 2.69 bits per heavy atom. The molecule has 4 aliphatic carbocycles. The molecular weight excluding hydrogens is 324 g/mol. The van der Waals surface area contributed by atoms with Crippen LogP contribution in [0.2, 0.25) is 0 Å². The van der Waals surface area contributed by atoms with Crippen LogP contribution >= 0.6 is 0 Å². The van der Waals surface area contributed by atoms with E-state index in [1.807, 2.05) is 0 Å². The minimum atomic E-state index is -0.241. The largest absolute Gasteiger partial charge is 0.458 e. The second-order valence-corrected chi connectivity index (χ2v) is 9.83. The molecule has 8 atom stereocenters. The topological polar surface area (TPSA) is 46.5 Å². The maximum Gasteiger partial charge on any atom is 0.303 e. The Morgan fingerprint density at radius 1 is 1.23 bits per heavy atom. The van der Waals surface area contributed by atoms with Crippen LogP contribution in [0.5, 0.6) is 0 Å². The number of rotatable bonds is 2. The molecule has 0 spiro atoms. The summed E-state index contributed by atoms with van der Waals surface area (Å²) in [4.78, 5) is 11.9. The first kappa shape index (κ1) is 18.3. The quantitative estimate of drug-likeness (QED) is 0.577. The number of allylic oxidation sites excluding steroid dienone is 1. The van der Waals surface area contributed by atoms with Crippen molar-refractivity contribution in [3.05, 3.63) is 24.3 Å². The Hall–Kier alpha value is -1.09. The molecule has 1 N–H and O–H groups in total. The molecule has 144 valence electrons. The van der Waals surface area contributed by atoms with Crippen LogP contribution in [0.3, 0.4) is 0 Å². The van der Waals surface area contributed by atoms with Crippen LogP contribution in [0.25, 0.3) is 0 Å². The lowest BCUT2D eigenvalue weighted by Gasteiger charge is -2.59. The molecule has 3 fully saturated rings. The normalized spacial score (nSPS) is 50.1. The van der Waals surface area contributed by atoms with Crippen molar-refractivity contribution in [3.63, 3.8) is 0 Å². The van der Waals surface area contributed by atoms with Gasteiger partial charge >= 0.3 is 5.97 Å². The van der Waals surface area contributed by atoms with Crippen molar-refractivity contribution in [1.29, 1.82) is 0 Å². The first-order chi connectivity index (χ1) is 12.3. The van der Waals surface area contributed by atoms with Crippen molar-refractivity contribution in [1.82, 2.24) is 0 Å². The lowest BCUT2D eigenvalue weighted by Crippen LogP contribution is -2.55. The summed E-state index contributed by atoms with van der Waals surface area (Å²) in [7, 11) is 0. The highest BCUT2D eigenvalue weighted by Crippen LogP contribution is 2.66. The Balaban J connectivity index is 1.76. The number of aliphatic hydroxyl groups is 1. The van der Waals surface area contributed by atoms with Crippen LogP contribution in [0.1, 0.15) is 65.7 Å². The maximum atomic E-state index is 11.9. The number of aliphatic hydroxyl groups excluding tert-OH is 1. The molecule has 3 heteroatoms. The Morgan fingerprint density at radius 2 is 2.00 bits per heavy atom. The minimum absolute atomic E-state index is 0.126. The van der Waals surface area contributed by atoms with Crippen LogP contribution in [0.4, 0.5) is 0 Å². The number of hydrogen-bond donors (Lipinski definition) is 1. The molecule has 3 nitrogen and oxygen atoms in total. The zero-order valence-electron chi connectivity index (χ0n) is 16.5. The first-order valence-electron chi connectivity index (χ1n) is 10.5. The second kappa shape index (κ2) is 6.22. The van der Waals surface area contributed by atoms with Gasteiger partial charge in [0.25, 0.3) is 0 Å². The SMILES string of the molecule is C=CC1CCC2C3C(OC(C)=O)C=C4CC(O)CCC4(C)C3CCC12C. The maximum absolute atomic E-state index is 11.9. The summed E-state index contributed by atoms with van der Waals surface area (Å²) in [5.74, 6) is 1.96. The first-order valence-corrected chi connectivity index (χ1v) is 10.5. The molecule has 4 rings (SSSR count). The van der Waals surface area contributed by atoms with Gasteiger partial charge in [0.15, 0.2) is 0 Å². The fourth-order valence-corrected chi connectivity index (χ4v) is 7.34. The lowest BCUT2D eigenvalue weighted by molar-refractivity contribution is -0.157. The van der Waals surface area contributed by atoms with Gasteiger partial charge in [0.1, 0.15) is 6.10 Å². The molecule has 0 radical (unpaired) electrons.